The van der Waals surface area contributed by atoms with Crippen LogP contribution in [0.1, 0.15) is 86.5 Å². The Morgan fingerprint density at radius 2 is 2.02 bits per heavy atom. The third-order valence-electron chi connectivity index (χ3n) is 10.3. The number of ether oxygens (including phenoxy) is 4. The van der Waals surface area contributed by atoms with Crippen molar-refractivity contribution in [2.75, 3.05) is 26.7 Å². The van der Waals surface area contributed by atoms with Crippen LogP contribution in [0.3, 0.4) is 0 Å². The number of esters is 1. The van der Waals surface area contributed by atoms with Crippen molar-refractivity contribution in [2.45, 2.75) is 140 Å². The van der Waals surface area contributed by atoms with Gasteiger partial charge in [-0.15, -0.1) is 0 Å². The molecule has 50 heavy (non-hydrogen) atoms. The van der Waals surface area contributed by atoms with Crippen LogP contribution >= 0.6 is 0 Å². The van der Waals surface area contributed by atoms with Gasteiger partial charge in [-0.2, -0.15) is 0 Å². The fraction of sp³-hybridized carbons (Fsp3) is 0.757. The van der Waals surface area contributed by atoms with E-state index in [1.807, 2.05) is 33.8 Å². The van der Waals surface area contributed by atoms with E-state index in [0.29, 0.717) is 44.5 Å². The highest BCUT2D eigenvalue weighted by atomic mass is 16.6. The third kappa shape index (κ3) is 12.4. The van der Waals surface area contributed by atoms with Crippen molar-refractivity contribution in [3.8, 4) is 0 Å². The predicted octanol–water partition coefficient (Wildman–Crippen LogP) is 3.50. The van der Waals surface area contributed by atoms with Crippen LogP contribution in [0.2, 0.25) is 0 Å². The first-order valence-corrected chi connectivity index (χ1v) is 17.9. The van der Waals surface area contributed by atoms with Gasteiger partial charge in [0.25, 0.3) is 0 Å². The first-order valence-electron chi connectivity index (χ1n) is 17.9. The summed E-state index contributed by atoms with van der Waals surface area (Å²) in [6.07, 6.45) is 6.52. The van der Waals surface area contributed by atoms with Crippen molar-refractivity contribution >= 4 is 18.0 Å². The van der Waals surface area contributed by atoms with Crippen LogP contribution in [-0.2, 0) is 28.5 Å². The summed E-state index contributed by atoms with van der Waals surface area (Å²) in [6.45, 7) is 12.3. The minimum Gasteiger partial charge on any atom is -0.481 e. The van der Waals surface area contributed by atoms with Gasteiger partial charge in [0.05, 0.1) is 36.4 Å². The number of rotatable bonds is 13. The smallest absolute Gasteiger partial charge is 0.410 e. The molecule has 1 amide bonds. The summed E-state index contributed by atoms with van der Waals surface area (Å²) in [6, 6.07) is -0.173. The van der Waals surface area contributed by atoms with Gasteiger partial charge in [-0.3, -0.25) is 9.59 Å². The molecule has 0 spiro atoms. The number of aliphatic carboxylic acids is 1. The predicted molar refractivity (Wildman–Crippen MR) is 186 cm³/mol. The van der Waals surface area contributed by atoms with Crippen LogP contribution in [0.15, 0.2) is 36.0 Å². The zero-order valence-electron chi connectivity index (χ0n) is 30.7. The van der Waals surface area contributed by atoms with Gasteiger partial charge >= 0.3 is 18.0 Å². The number of allylic oxidation sites excluding steroid dienone is 2. The monoisotopic (exact) mass is 708 g/mol. The molecule has 2 fully saturated rings. The van der Waals surface area contributed by atoms with E-state index in [1.165, 1.54) is 7.11 Å². The lowest BCUT2D eigenvalue weighted by Gasteiger charge is -2.38. The van der Waals surface area contributed by atoms with E-state index in [2.05, 4.69) is 5.32 Å². The minimum absolute atomic E-state index is 0.0112. The second-order valence-electron chi connectivity index (χ2n) is 14.7. The Morgan fingerprint density at radius 1 is 1.30 bits per heavy atom. The van der Waals surface area contributed by atoms with E-state index < -0.39 is 53.6 Å². The molecule has 2 saturated heterocycles. The number of methoxy groups -OCH3 is 1. The third-order valence-corrected chi connectivity index (χ3v) is 10.3. The fourth-order valence-corrected chi connectivity index (χ4v) is 6.67. The van der Waals surface area contributed by atoms with E-state index in [-0.39, 0.29) is 55.8 Å². The second-order valence-corrected chi connectivity index (χ2v) is 14.7. The summed E-state index contributed by atoms with van der Waals surface area (Å²) in [7, 11) is 1.51. The van der Waals surface area contributed by atoms with Gasteiger partial charge in [0.15, 0.2) is 6.10 Å². The molecule has 13 nitrogen and oxygen atoms in total. The van der Waals surface area contributed by atoms with Crippen LogP contribution in [0.5, 0.6) is 0 Å². The summed E-state index contributed by atoms with van der Waals surface area (Å²) in [5.74, 6) is -1.85. The van der Waals surface area contributed by atoms with Crippen molar-refractivity contribution in [3.63, 3.8) is 0 Å². The maximum Gasteiger partial charge on any atom is 0.410 e. The number of carboxylic acid groups (broad SMARTS) is 1. The second kappa shape index (κ2) is 18.6. The molecule has 5 N–H and O–H groups in total. The number of carboxylic acids is 1. The number of aliphatic hydroxyl groups excluding tert-OH is 2. The SMILES string of the molecule is CC[C@H](O)[C@@H](C)[C@H]1O[C@@H]1CC(C)(O)/C=C/C=C(\C)[C@H]1OC(=O)C[C@H](O)CC[C@@](C)(OC)[C@@H](OC(=O)N2CCN[C@@H](CCC(=O)O)C2)/C=C/[C@@H]1C. The molecule has 3 aliphatic heterocycles. The number of carbonyl (C=O) groups excluding carboxylic acids is 2. The Labute approximate surface area is 296 Å². The molecule has 0 aromatic carbocycles. The Balaban J connectivity index is 1.77. The Bertz CT molecular complexity index is 1240. The number of hydrogen-bond donors (Lipinski definition) is 5. The van der Waals surface area contributed by atoms with Gasteiger partial charge < -0.3 is 49.6 Å². The first-order chi connectivity index (χ1) is 23.5. The lowest BCUT2D eigenvalue weighted by atomic mass is 9.88. The lowest BCUT2D eigenvalue weighted by molar-refractivity contribution is -0.151. The van der Waals surface area contributed by atoms with Crippen molar-refractivity contribution in [1.29, 1.82) is 0 Å². The van der Waals surface area contributed by atoms with Crippen LogP contribution in [0, 0.1) is 11.8 Å². The molecule has 3 aliphatic rings. The van der Waals surface area contributed by atoms with Crippen molar-refractivity contribution < 1.29 is 53.8 Å². The van der Waals surface area contributed by atoms with Gasteiger partial charge in [-0.25, -0.2) is 4.79 Å². The molecule has 13 heteroatoms. The quantitative estimate of drug-likeness (QED) is 0.0813. The van der Waals surface area contributed by atoms with Gasteiger partial charge in [-0.1, -0.05) is 45.1 Å². The maximum atomic E-state index is 13.5. The average molecular weight is 709 g/mol. The Hall–Kier alpha value is -2.81. The van der Waals surface area contributed by atoms with Crippen molar-refractivity contribution in [1.82, 2.24) is 10.2 Å². The molecule has 0 aliphatic carbocycles. The number of hydrogen-bond acceptors (Lipinski definition) is 11. The molecule has 1 unspecified atom stereocenters. The summed E-state index contributed by atoms with van der Waals surface area (Å²) in [4.78, 5) is 39.0. The number of amides is 1. The number of piperazine rings is 1. The van der Waals surface area contributed by atoms with E-state index >= 15 is 0 Å². The van der Waals surface area contributed by atoms with E-state index in [4.69, 9.17) is 24.1 Å². The summed E-state index contributed by atoms with van der Waals surface area (Å²) in [5, 5.41) is 44.3. The van der Waals surface area contributed by atoms with Crippen molar-refractivity contribution in [3.05, 3.63) is 36.0 Å². The molecule has 0 aromatic heterocycles. The number of cyclic esters (lactones) is 1. The zero-order valence-corrected chi connectivity index (χ0v) is 30.7. The van der Waals surface area contributed by atoms with E-state index in [1.54, 1.807) is 43.1 Å². The molecule has 0 aromatic rings. The highest BCUT2D eigenvalue weighted by Crippen LogP contribution is 2.37. The van der Waals surface area contributed by atoms with Crippen LogP contribution in [0.4, 0.5) is 4.79 Å². The first kappa shape index (κ1) is 41.6. The van der Waals surface area contributed by atoms with E-state index in [9.17, 15) is 29.7 Å². The molecule has 0 bridgehead atoms. The highest BCUT2D eigenvalue weighted by Gasteiger charge is 2.47. The maximum absolute atomic E-state index is 13.5. The molecule has 3 rings (SSSR count). The van der Waals surface area contributed by atoms with Gasteiger partial charge in [0.2, 0.25) is 0 Å². The number of epoxide rings is 1. The largest absolute Gasteiger partial charge is 0.481 e. The van der Waals surface area contributed by atoms with Crippen LogP contribution in [0.25, 0.3) is 0 Å². The molecule has 11 atom stereocenters. The summed E-state index contributed by atoms with van der Waals surface area (Å²) < 4.78 is 23.6. The number of carbonyl (C=O) groups is 3. The summed E-state index contributed by atoms with van der Waals surface area (Å²) in [5.41, 5.74) is -1.50. The number of nitrogens with zero attached hydrogens (tertiary/aromatic N) is 1. The molecular weight excluding hydrogens is 648 g/mol. The minimum atomic E-state index is -1.17. The average Bonchev–Trinajstić information content (AvgIpc) is 3.83. The lowest BCUT2D eigenvalue weighted by Crippen LogP contribution is -2.54. The van der Waals surface area contributed by atoms with Gasteiger partial charge in [-0.05, 0) is 58.1 Å². The number of nitrogens with one attached hydrogen (secondary N) is 1. The Morgan fingerprint density at radius 3 is 2.68 bits per heavy atom. The summed E-state index contributed by atoms with van der Waals surface area (Å²) >= 11 is 0. The normalized spacial score (nSPS) is 34.4. The molecular formula is C37H60N2O11. The zero-order chi connectivity index (χ0) is 37.2. The topological polar surface area (TPSA) is 188 Å². The molecule has 284 valence electrons. The van der Waals surface area contributed by atoms with Crippen molar-refractivity contribution in [2.24, 2.45) is 11.8 Å². The molecule has 3 heterocycles. The fourth-order valence-electron chi connectivity index (χ4n) is 6.67. The van der Waals surface area contributed by atoms with Crippen LogP contribution < -0.4 is 5.32 Å². The highest BCUT2D eigenvalue weighted by molar-refractivity contribution is 5.70. The van der Waals surface area contributed by atoms with Gasteiger partial charge in [0.1, 0.15) is 11.7 Å². The Kier molecular flexibility index (Phi) is 15.5. The standard InChI is InChI=1S/C37H60N2O11/c1-8-28(41)25(4)34-29(48-34)21-36(5,46)16-9-10-23(2)33-24(3)11-13-30(37(6,47-7)17-15-27(40)20-32(44)50-33)49-35(45)39-19-18-38-26(22-39)12-14-31(42)43/h9-11,13,16,24-30,33-34,38,40-41,46H,8,12,14-15,17-22H2,1-7H3,(H,42,43)/b13-11+,16-9+,23-10+/t24-,25+,26-,27+,28-,29+,30-,33+,34+,36?,37+/m0/s1. The molecule has 0 radical (unpaired) electrons. The van der Waals surface area contributed by atoms with E-state index in [0.717, 1.165) is 0 Å². The molecule has 0 saturated carbocycles. The van der Waals surface area contributed by atoms with Crippen LogP contribution in [-0.4, -0.2) is 124 Å². The number of aliphatic hydroxyl groups is 3. The van der Waals surface area contributed by atoms with Gasteiger partial charge in [0, 0.05) is 57.5 Å².